The fourth-order valence-electron chi connectivity index (χ4n) is 3.24. The number of ether oxygens (including phenoxy) is 2. The van der Waals surface area contributed by atoms with Crippen LogP contribution < -0.4 is 14.8 Å². The summed E-state index contributed by atoms with van der Waals surface area (Å²) >= 11 is 0. The Morgan fingerprint density at radius 3 is 1.94 bits per heavy atom. The van der Waals surface area contributed by atoms with Crippen LogP contribution in [-0.4, -0.2) is 32.1 Å². The normalized spacial score (nSPS) is 12.4. The fourth-order valence-corrected chi connectivity index (χ4v) is 4.51. The lowest BCUT2D eigenvalue weighted by Crippen LogP contribution is -2.43. The van der Waals surface area contributed by atoms with Crippen LogP contribution in [0.1, 0.15) is 34.1 Å². The average Bonchev–Trinajstić information content (AvgIpc) is 2.82. The van der Waals surface area contributed by atoms with E-state index in [1.54, 1.807) is 88.4 Å². The number of amides is 1. The molecule has 0 aliphatic carbocycles. The topological polar surface area (TPSA) is 111 Å². The summed E-state index contributed by atoms with van der Waals surface area (Å²) in [5, 5.41) is 2.64. The van der Waals surface area contributed by atoms with E-state index in [1.807, 2.05) is 6.07 Å². The van der Waals surface area contributed by atoms with Gasteiger partial charge in [-0.2, -0.15) is 4.72 Å². The lowest BCUT2D eigenvalue weighted by Gasteiger charge is -2.23. The van der Waals surface area contributed by atoms with Crippen molar-refractivity contribution in [3.8, 4) is 16.9 Å². The van der Waals surface area contributed by atoms with Crippen LogP contribution in [0.25, 0.3) is 11.1 Å². The third kappa shape index (κ3) is 7.66. The predicted octanol–water partition coefficient (Wildman–Crippen LogP) is 5.36. The summed E-state index contributed by atoms with van der Waals surface area (Å²) < 4.78 is 38.7. The molecule has 0 aromatic heterocycles. The Hall–Kier alpha value is -3.69. The third-order valence-electron chi connectivity index (χ3n) is 4.98. The first kappa shape index (κ1) is 26.9. The average molecular weight is 511 g/mol. The smallest absolute Gasteiger partial charge is 0.417 e. The number of hydrogen-bond donors (Lipinski definition) is 2. The van der Waals surface area contributed by atoms with Crippen molar-refractivity contribution in [3.63, 3.8) is 0 Å². The highest BCUT2D eigenvalue weighted by Gasteiger charge is 2.28. The lowest BCUT2D eigenvalue weighted by molar-refractivity contribution is -0.157. The number of hydrogen-bond acceptors (Lipinski definition) is 6. The van der Waals surface area contributed by atoms with Gasteiger partial charge in [-0.05, 0) is 74.7 Å². The number of carbonyl (C=O) groups excluding carboxylic acids is 2. The zero-order chi connectivity index (χ0) is 26.3. The molecule has 0 spiro atoms. The Balaban J connectivity index is 1.64. The van der Waals surface area contributed by atoms with Gasteiger partial charge >= 0.3 is 12.1 Å². The van der Waals surface area contributed by atoms with Crippen LogP contribution in [-0.2, 0) is 19.6 Å². The minimum atomic E-state index is -3.93. The van der Waals surface area contributed by atoms with E-state index in [-0.39, 0.29) is 11.3 Å². The summed E-state index contributed by atoms with van der Waals surface area (Å²) in [6, 6.07) is 21.1. The standard InChI is InChI=1S/C27H30N2O6S/c1-5-24(25(30)35-27(2,3)4)29-36(32,33)23-17-13-20(14-18-23)19-11-15-22(16-12-19)34-26(31)28-21-9-7-6-8-10-21/h6-18,24,29H,5H2,1-4H3,(H,28,31). The molecule has 1 amide bonds. The second-order valence-corrected chi connectivity index (χ2v) is 10.8. The molecule has 190 valence electrons. The van der Waals surface area contributed by atoms with Crippen LogP contribution in [0.15, 0.2) is 83.8 Å². The van der Waals surface area contributed by atoms with Gasteiger partial charge < -0.3 is 9.47 Å². The molecule has 0 fully saturated rings. The van der Waals surface area contributed by atoms with E-state index in [9.17, 15) is 18.0 Å². The fraction of sp³-hybridized carbons (Fsp3) is 0.259. The van der Waals surface area contributed by atoms with Crippen LogP contribution in [0.5, 0.6) is 5.75 Å². The zero-order valence-corrected chi connectivity index (χ0v) is 21.5. The summed E-state index contributed by atoms with van der Waals surface area (Å²) in [6.45, 7) is 6.88. The highest BCUT2D eigenvalue weighted by atomic mass is 32.2. The van der Waals surface area contributed by atoms with Crippen LogP contribution in [0, 0.1) is 0 Å². The van der Waals surface area contributed by atoms with E-state index in [2.05, 4.69) is 10.0 Å². The minimum Gasteiger partial charge on any atom is -0.459 e. The van der Waals surface area contributed by atoms with Crippen LogP contribution in [0.4, 0.5) is 10.5 Å². The van der Waals surface area contributed by atoms with E-state index < -0.39 is 33.7 Å². The highest BCUT2D eigenvalue weighted by molar-refractivity contribution is 7.89. The van der Waals surface area contributed by atoms with Gasteiger partial charge in [0.15, 0.2) is 0 Å². The molecular formula is C27H30N2O6S. The number of benzene rings is 3. The van der Waals surface area contributed by atoms with Gasteiger partial charge in [0.05, 0.1) is 4.90 Å². The molecule has 9 heteroatoms. The molecule has 8 nitrogen and oxygen atoms in total. The summed E-state index contributed by atoms with van der Waals surface area (Å²) in [7, 11) is -3.93. The maximum atomic E-state index is 12.8. The van der Waals surface area contributed by atoms with Gasteiger partial charge in [0.2, 0.25) is 10.0 Å². The molecule has 0 aliphatic rings. The first-order valence-corrected chi connectivity index (χ1v) is 12.9. The molecule has 0 saturated carbocycles. The van der Waals surface area contributed by atoms with Crippen molar-refractivity contribution in [2.24, 2.45) is 0 Å². The molecule has 0 heterocycles. The molecule has 3 aromatic rings. The van der Waals surface area contributed by atoms with Crippen LogP contribution >= 0.6 is 0 Å². The summed E-state index contributed by atoms with van der Waals surface area (Å²) in [5.41, 5.74) is 1.49. The molecule has 1 atom stereocenters. The van der Waals surface area contributed by atoms with E-state index in [0.717, 1.165) is 11.1 Å². The van der Waals surface area contributed by atoms with Gasteiger partial charge in [0.1, 0.15) is 17.4 Å². The number of carbonyl (C=O) groups is 2. The first-order chi connectivity index (χ1) is 17.0. The Morgan fingerprint density at radius 1 is 0.861 bits per heavy atom. The lowest BCUT2D eigenvalue weighted by atomic mass is 10.1. The second kappa shape index (κ2) is 11.4. The molecule has 3 aromatic carbocycles. The maximum absolute atomic E-state index is 12.8. The molecule has 36 heavy (non-hydrogen) atoms. The number of rotatable bonds is 8. The molecule has 0 aliphatic heterocycles. The quantitative estimate of drug-likeness (QED) is 0.395. The van der Waals surface area contributed by atoms with E-state index in [0.29, 0.717) is 11.4 Å². The number of anilines is 1. The zero-order valence-electron chi connectivity index (χ0n) is 20.6. The predicted molar refractivity (Wildman–Crippen MR) is 138 cm³/mol. The van der Waals surface area contributed by atoms with Gasteiger partial charge in [-0.15, -0.1) is 0 Å². The Morgan fingerprint density at radius 2 is 1.42 bits per heavy atom. The monoisotopic (exact) mass is 510 g/mol. The van der Waals surface area contributed by atoms with Crippen molar-refractivity contribution in [1.82, 2.24) is 4.72 Å². The van der Waals surface area contributed by atoms with Crippen LogP contribution in [0.2, 0.25) is 0 Å². The van der Waals surface area contributed by atoms with Gasteiger partial charge in [-0.1, -0.05) is 49.4 Å². The van der Waals surface area contributed by atoms with Crippen molar-refractivity contribution < 1.29 is 27.5 Å². The van der Waals surface area contributed by atoms with Crippen molar-refractivity contribution >= 4 is 27.8 Å². The summed E-state index contributed by atoms with van der Waals surface area (Å²) in [4.78, 5) is 24.4. The first-order valence-electron chi connectivity index (χ1n) is 11.5. The molecule has 0 radical (unpaired) electrons. The minimum absolute atomic E-state index is 0.0331. The van der Waals surface area contributed by atoms with Crippen molar-refractivity contribution in [2.45, 2.75) is 50.7 Å². The van der Waals surface area contributed by atoms with Crippen molar-refractivity contribution in [1.29, 1.82) is 0 Å². The third-order valence-corrected chi connectivity index (χ3v) is 6.47. The molecule has 0 bridgehead atoms. The maximum Gasteiger partial charge on any atom is 0.417 e. The number of sulfonamides is 1. The Kier molecular flexibility index (Phi) is 8.49. The molecular weight excluding hydrogens is 480 g/mol. The van der Waals surface area contributed by atoms with Crippen molar-refractivity contribution in [2.75, 3.05) is 5.32 Å². The largest absolute Gasteiger partial charge is 0.459 e. The molecule has 2 N–H and O–H groups in total. The summed E-state index contributed by atoms with van der Waals surface area (Å²) in [5.74, 6) is -0.256. The van der Waals surface area contributed by atoms with Crippen molar-refractivity contribution in [3.05, 3.63) is 78.9 Å². The SMILES string of the molecule is CCC(NS(=O)(=O)c1ccc(-c2ccc(OC(=O)Nc3ccccc3)cc2)cc1)C(=O)OC(C)(C)C. The molecule has 1 unspecified atom stereocenters. The Labute approximate surface area is 211 Å². The Bertz CT molecular complexity index is 1280. The molecule has 3 rings (SSSR count). The van der Waals surface area contributed by atoms with E-state index in [4.69, 9.17) is 9.47 Å². The van der Waals surface area contributed by atoms with Crippen LogP contribution in [0.3, 0.4) is 0 Å². The van der Waals surface area contributed by atoms with Gasteiger partial charge in [0, 0.05) is 5.69 Å². The van der Waals surface area contributed by atoms with E-state index in [1.165, 1.54) is 12.1 Å². The molecule has 0 saturated heterocycles. The highest BCUT2D eigenvalue weighted by Crippen LogP contribution is 2.24. The van der Waals surface area contributed by atoms with Gasteiger partial charge in [-0.3, -0.25) is 10.1 Å². The van der Waals surface area contributed by atoms with E-state index >= 15 is 0 Å². The van der Waals surface area contributed by atoms with Gasteiger partial charge in [-0.25, -0.2) is 13.2 Å². The second-order valence-electron chi connectivity index (χ2n) is 9.04. The number of para-hydroxylation sites is 1. The number of esters is 1. The van der Waals surface area contributed by atoms with Gasteiger partial charge in [0.25, 0.3) is 0 Å². The number of nitrogens with one attached hydrogen (secondary N) is 2. The summed E-state index contributed by atoms with van der Waals surface area (Å²) in [6.07, 6.45) is -0.350.